The van der Waals surface area contributed by atoms with Crippen LogP contribution in [0.3, 0.4) is 0 Å². The van der Waals surface area contributed by atoms with Crippen molar-refractivity contribution >= 4 is 0 Å². The lowest BCUT2D eigenvalue weighted by molar-refractivity contribution is -0.0308. The summed E-state index contributed by atoms with van der Waals surface area (Å²) < 4.78 is 11.3. The van der Waals surface area contributed by atoms with Crippen molar-refractivity contribution in [3.05, 3.63) is 12.8 Å². The van der Waals surface area contributed by atoms with Crippen molar-refractivity contribution in [3.8, 4) is 0 Å². The van der Waals surface area contributed by atoms with Crippen molar-refractivity contribution in [2.24, 2.45) is 23.7 Å². The molecule has 3 heteroatoms. The fourth-order valence-electron chi connectivity index (χ4n) is 3.79. The van der Waals surface area contributed by atoms with E-state index >= 15 is 0 Å². The Balaban J connectivity index is 1.87. The number of aliphatic hydroxyl groups is 1. The van der Waals surface area contributed by atoms with Gasteiger partial charge in [-0.05, 0) is 24.2 Å². The van der Waals surface area contributed by atoms with E-state index in [0.29, 0.717) is 23.7 Å². The maximum atomic E-state index is 9.36. The van der Waals surface area contributed by atoms with Crippen LogP contribution in [0, 0.1) is 23.7 Å². The number of fused-ring (bicyclic) bond motifs is 1. The summed E-state index contributed by atoms with van der Waals surface area (Å²) in [4.78, 5) is 0. The van der Waals surface area contributed by atoms with Gasteiger partial charge >= 0.3 is 0 Å². The van der Waals surface area contributed by atoms with Gasteiger partial charge in [0.25, 0.3) is 0 Å². The van der Waals surface area contributed by atoms with Crippen LogP contribution in [0.15, 0.2) is 12.8 Å². The largest absolute Gasteiger partial charge is 0.496 e. The smallest absolute Gasteiger partial charge is 0.127 e. The quantitative estimate of drug-likeness (QED) is 0.678. The van der Waals surface area contributed by atoms with Crippen LogP contribution < -0.4 is 0 Å². The Bertz CT molecular complexity index is 253. The molecule has 0 aromatic rings. The Morgan fingerprint density at radius 1 is 1.43 bits per heavy atom. The Kier molecular flexibility index (Phi) is 1.86. The summed E-state index contributed by atoms with van der Waals surface area (Å²) in [5, 5.41) is 9.36. The van der Waals surface area contributed by atoms with Crippen LogP contribution in [0.5, 0.6) is 0 Å². The van der Waals surface area contributed by atoms with Gasteiger partial charge in [-0.3, -0.25) is 0 Å². The van der Waals surface area contributed by atoms with E-state index in [-0.39, 0.29) is 18.8 Å². The molecule has 3 aliphatic rings. The summed E-state index contributed by atoms with van der Waals surface area (Å²) in [6.45, 7) is 4.69. The van der Waals surface area contributed by atoms with Crippen molar-refractivity contribution < 1.29 is 14.6 Å². The molecule has 3 rings (SSSR count). The molecule has 2 saturated carbocycles. The highest BCUT2D eigenvalue weighted by Crippen LogP contribution is 2.57. The summed E-state index contributed by atoms with van der Waals surface area (Å²) in [5.74, 6) is 2.09. The average molecular weight is 196 g/mol. The molecule has 3 fully saturated rings. The minimum absolute atomic E-state index is 0.147. The Morgan fingerprint density at radius 2 is 2.29 bits per heavy atom. The predicted molar refractivity (Wildman–Crippen MR) is 50.5 cm³/mol. The number of ether oxygens (including phenoxy) is 2. The second-order valence-electron chi connectivity index (χ2n) is 4.64. The summed E-state index contributed by atoms with van der Waals surface area (Å²) in [6, 6.07) is 0. The standard InChI is InChI=1S/C11H16O3/c1-2-13-10-6-3-7-9(8(6)4-12)5-14-11(7)10/h2,6-12H,1,3-5H2. The lowest BCUT2D eigenvalue weighted by Crippen LogP contribution is -2.39. The van der Waals surface area contributed by atoms with E-state index in [1.165, 1.54) is 12.7 Å². The van der Waals surface area contributed by atoms with Crippen molar-refractivity contribution in [1.29, 1.82) is 0 Å². The molecule has 0 aromatic carbocycles. The number of hydrogen-bond donors (Lipinski definition) is 1. The van der Waals surface area contributed by atoms with Crippen LogP contribution in [0.25, 0.3) is 0 Å². The molecule has 0 radical (unpaired) electrons. The highest BCUT2D eigenvalue weighted by atomic mass is 16.5. The Hall–Kier alpha value is -0.540. The van der Waals surface area contributed by atoms with Crippen LogP contribution in [-0.4, -0.2) is 30.5 Å². The van der Waals surface area contributed by atoms with E-state index in [4.69, 9.17) is 9.47 Å². The molecule has 6 atom stereocenters. The molecular weight excluding hydrogens is 180 g/mol. The van der Waals surface area contributed by atoms with E-state index in [1.54, 1.807) is 0 Å². The van der Waals surface area contributed by atoms with Gasteiger partial charge < -0.3 is 14.6 Å². The molecule has 1 aliphatic heterocycles. The minimum Gasteiger partial charge on any atom is -0.496 e. The van der Waals surface area contributed by atoms with Gasteiger partial charge in [-0.1, -0.05) is 6.58 Å². The van der Waals surface area contributed by atoms with Crippen LogP contribution in [0.1, 0.15) is 6.42 Å². The first kappa shape index (κ1) is 8.74. The second kappa shape index (κ2) is 2.97. The van der Waals surface area contributed by atoms with E-state index < -0.39 is 0 Å². The van der Waals surface area contributed by atoms with Crippen LogP contribution in [0.4, 0.5) is 0 Å². The number of aliphatic hydroxyl groups excluding tert-OH is 1. The van der Waals surface area contributed by atoms with Crippen molar-refractivity contribution in [2.45, 2.75) is 18.6 Å². The van der Waals surface area contributed by atoms with Gasteiger partial charge in [-0.2, -0.15) is 0 Å². The van der Waals surface area contributed by atoms with Gasteiger partial charge in [-0.25, -0.2) is 0 Å². The highest BCUT2D eigenvalue weighted by Gasteiger charge is 2.62. The molecule has 2 aliphatic carbocycles. The molecule has 2 bridgehead atoms. The summed E-state index contributed by atoms with van der Waals surface area (Å²) in [6.07, 6.45) is 3.09. The third-order valence-electron chi connectivity index (χ3n) is 4.31. The molecule has 1 N–H and O–H groups in total. The van der Waals surface area contributed by atoms with Gasteiger partial charge in [0, 0.05) is 12.5 Å². The number of hydrogen-bond acceptors (Lipinski definition) is 3. The third-order valence-corrected chi connectivity index (χ3v) is 4.31. The molecule has 14 heavy (non-hydrogen) atoms. The number of rotatable bonds is 3. The zero-order valence-electron chi connectivity index (χ0n) is 8.13. The van der Waals surface area contributed by atoms with E-state index in [1.807, 2.05) is 0 Å². The fraction of sp³-hybridized carbons (Fsp3) is 0.818. The maximum absolute atomic E-state index is 9.36. The first-order valence-electron chi connectivity index (χ1n) is 5.35. The summed E-state index contributed by atoms with van der Waals surface area (Å²) in [5.41, 5.74) is 0. The first-order chi connectivity index (χ1) is 6.86. The zero-order chi connectivity index (χ0) is 9.71. The van der Waals surface area contributed by atoms with Gasteiger partial charge in [0.2, 0.25) is 0 Å². The molecular formula is C11H16O3. The molecule has 0 aromatic heterocycles. The molecule has 0 amide bonds. The van der Waals surface area contributed by atoms with E-state index in [2.05, 4.69) is 6.58 Å². The van der Waals surface area contributed by atoms with Crippen LogP contribution in [-0.2, 0) is 9.47 Å². The Labute approximate surface area is 83.7 Å². The molecule has 6 unspecified atom stereocenters. The van der Waals surface area contributed by atoms with E-state index in [9.17, 15) is 5.11 Å². The van der Waals surface area contributed by atoms with Gasteiger partial charge in [0.05, 0.1) is 19.0 Å². The molecule has 78 valence electrons. The minimum atomic E-state index is 0.147. The van der Waals surface area contributed by atoms with Gasteiger partial charge in [0.15, 0.2) is 0 Å². The van der Waals surface area contributed by atoms with Gasteiger partial charge in [0.1, 0.15) is 6.10 Å². The lowest BCUT2D eigenvalue weighted by Gasteiger charge is -2.31. The Morgan fingerprint density at radius 3 is 3.00 bits per heavy atom. The fourth-order valence-corrected chi connectivity index (χ4v) is 3.79. The molecule has 3 nitrogen and oxygen atoms in total. The molecule has 0 spiro atoms. The topological polar surface area (TPSA) is 38.7 Å². The molecule has 1 saturated heterocycles. The van der Waals surface area contributed by atoms with E-state index in [0.717, 1.165) is 6.61 Å². The summed E-state index contributed by atoms with van der Waals surface area (Å²) >= 11 is 0. The highest BCUT2D eigenvalue weighted by molar-refractivity contribution is 5.10. The van der Waals surface area contributed by atoms with Crippen LogP contribution in [0.2, 0.25) is 0 Å². The third kappa shape index (κ3) is 0.894. The van der Waals surface area contributed by atoms with Crippen molar-refractivity contribution in [3.63, 3.8) is 0 Å². The normalized spacial score (nSPS) is 53.8. The van der Waals surface area contributed by atoms with Crippen LogP contribution >= 0.6 is 0 Å². The predicted octanol–water partition coefficient (Wildman–Crippen LogP) is 0.788. The SMILES string of the molecule is C=COC1C2CC3C(COC31)C2CO. The van der Waals surface area contributed by atoms with Crippen molar-refractivity contribution in [1.82, 2.24) is 0 Å². The average Bonchev–Trinajstić information content (AvgIpc) is 2.76. The second-order valence-corrected chi connectivity index (χ2v) is 4.64. The first-order valence-corrected chi connectivity index (χ1v) is 5.35. The molecule has 1 heterocycles. The van der Waals surface area contributed by atoms with Crippen molar-refractivity contribution in [2.75, 3.05) is 13.2 Å². The van der Waals surface area contributed by atoms with Gasteiger partial charge in [-0.15, -0.1) is 0 Å². The zero-order valence-corrected chi connectivity index (χ0v) is 8.13. The summed E-state index contributed by atoms with van der Waals surface area (Å²) in [7, 11) is 0. The maximum Gasteiger partial charge on any atom is 0.127 e. The lowest BCUT2D eigenvalue weighted by atomic mass is 9.79. The monoisotopic (exact) mass is 196 g/mol.